The number of hydrogen-bond donors (Lipinski definition) is 1. The summed E-state index contributed by atoms with van der Waals surface area (Å²) in [6, 6.07) is 18.1. The number of rotatable bonds is 10. The maximum atomic E-state index is 15.2. The monoisotopic (exact) mass is 874 g/mol. The van der Waals surface area contributed by atoms with Crippen molar-refractivity contribution in [1.82, 2.24) is 38.5 Å². The number of hydrogen-bond acceptors (Lipinski definition) is 9. The lowest BCUT2D eigenvalue weighted by atomic mass is 9.91. The van der Waals surface area contributed by atoms with E-state index in [1.807, 2.05) is 17.9 Å². The molecule has 0 spiro atoms. The molecule has 2 fully saturated rings. The van der Waals surface area contributed by atoms with Gasteiger partial charge < -0.3 is 14.2 Å². The molecular formula is C46H47FN8O7S. The summed E-state index contributed by atoms with van der Waals surface area (Å²) in [5, 5.41) is 9.98. The molecule has 1 saturated heterocycles. The summed E-state index contributed by atoms with van der Waals surface area (Å²) in [6.45, 7) is 7.64. The largest absolute Gasteiger partial charge is 0.438 e. The Hall–Kier alpha value is -6.33. The Morgan fingerprint density at radius 2 is 1.68 bits per heavy atom. The van der Waals surface area contributed by atoms with E-state index in [4.69, 9.17) is 14.4 Å². The predicted molar refractivity (Wildman–Crippen MR) is 232 cm³/mol. The molecule has 6 heterocycles. The first-order valence-electron chi connectivity index (χ1n) is 21.3. The quantitative estimate of drug-likeness (QED) is 0.168. The average molecular weight is 875 g/mol. The Bertz CT molecular complexity index is 3140. The number of benzene rings is 3. The second-order valence-corrected chi connectivity index (χ2v) is 19.5. The van der Waals surface area contributed by atoms with Crippen LogP contribution in [-0.4, -0.2) is 78.9 Å². The molecule has 326 valence electrons. The van der Waals surface area contributed by atoms with Gasteiger partial charge in [0.15, 0.2) is 15.7 Å². The Balaban J connectivity index is 1.05. The Morgan fingerprint density at radius 3 is 2.38 bits per heavy atom. The number of sulfone groups is 1. The average Bonchev–Trinajstić information content (AvgIpc) is 3.56. The smallest absolute Gasteiger partial charge is 0.381 e. The van der Waals surface area contributed by atoms with Gasteiger partial charge in [-0.3, -0.25) is 23.4 Å². The molecule has 2 aliphatic heterocycles. The summed E-state index contributed by atoms with van der Waals surface area (Å²) in [6.07, 6.45) is 7.52. The first-order valence-corrected chi connectivity index (χ1v) is 23.3. The van der Waals surface area contributed by atoms with Gasteiger partial charge in [0.05, 0.1) is 28.9 Å². The molecule has 3 aromatic carbocycles. The number of H-pyrrole nitrogens is 1. The fourth-order valence-electron chi connectivity index (χ4n) is 9.69. The van der Waals surface area contributed by atoms with Crippen LogP contribution in [0.5, 0.6) is 0 Å². The number of nitrogens with zero attached hydrogens (tertiary/aromatic N) is 7. The predicted octanol–water partition coefficient (Wildman–Crippen LogP) is 6.20. The van der Waals surface area contributed by atoms with Crippen molar-refractivity contribution in [3.05, 3.63) is 145 Å². The maximum Gasteiger partial charge on any atom is 0.438 e. The van der Waals surface area contributed by atoms with Crippen molar-refractivity contribution < 1.29 is 26.9 Å². The van der Waals surface area contributed by atoms with Crippen LogP contribution in [0.4, 0.5) is 4.39 Å². The molecule has 3 atom stereocenters. The van der Waals surface area contributed by atoms with Gasteiger partial charge in [-0.25, -0.2) is 27.1 Å². The van der Waals surface area contributed by atoms with Gasteiger partial charge in [-0.2, -0.15) is 5.10 Å². The van der Waals surface area contributed by atoms with E-state index in [-0.39, 0.29) is 29.3 Å². The topological polar surface area (TPSA) is 172 Å². The zero-order valence-electron chi connectivity index (χ0n) is 35.4. The van der Waals surface area contributed by atoms with Gasteiger partial charge in [0.25, 0.3) is 5.91 Å². The molecule has 0 radical (unpaired) electrons. The van der Waals surface area contributed by atoms with Crippen LogP contribution in [0.3, 0.4) is 0 Å². The van der Waals surface area contributed by atoms with E-state index in [0.29, 0.717) is 89.6 Å². The molecule has 4 aromatic heterocycles. The van der Waals surface area contributed by atoms with Crippen LogP contribution in [0.2, 0.25) is 0 Å². The molecule has 1 N–H and O–H groups in total. The van der Waals surface area contributed by atoms with Crippen molar-refractivity contribution in [3.8, 4) is 17.2 Å². The molecule has 1 saturated carbocycles. The van der Waals surface area contributed by atoms with E-state index in [1.165, 1.54) is 21.0 Å². The first-order chi connectivity index (χ1) is 30.2. The lowest BCUT2D eigenvalue weighted by Gasteiger charge is -2.34. The highest BCUT2D eigenvalue weighted by Gasteiger charge is 2.43. The van der Waals surface area contributed by atoms with E-state index >= 15 is 9.18 Å². The van der Waals surface area contributed by atoms with E-state index in [1.54, 1.807) is 67.3 Å². The number of imidazole rings is 1. The van der Waals surface area contributed by atoms with Gasteiger partial charge in [0.2, 0.25) is 0 Å². The number of aromatic amines is 1. The van der Waals surface area contributed by atoms with Crippen LogP contribution in [0.1, 0.15) is 93.9 Å². The summed E-state index contributed by atoms with van der Waals surface area (Å²) < 4.78 is 56.1. The number of aromatic nitrogens is 7. The zero-order chi connectivity index (χ0) is 43.9. The first kappa shape index (κ1) is 40.7. The molecular weight excluding hydrogens is 828 g/mol. The maximum absolute atomic E-state index is 15.2. The standard InChI is InChI=1S/C46H47FN8O7S/c1-26-19-35(20-27(2)41(26)47)55-43(53-16-15-52(46(53)58)34-8-5-29(6-9-34)25-63(4,59)60)40-28(3)51(14-11-37(40)49-55)44(56)39-23-32-21-31(30-12-17-61-18-13-30)7-10-38(32)54(39)24-33-22-36(33)42-48-45(57)62-50-42/h5-10,15-16,19-21,23,28,30,33,36H,11-14,17-18,22,24-25H2,1-4H3,(H,48,50,57)/t28?,33-,36+/m1/s1. The fraction of sp³-hybridized carbons (Fsp3) is 0.370. The highest BCUT2D eigenvalue weighted by atomic mass is 32.2. The van der Waals surface area contributed by atoms with Gasteiger partial charge >= 0.3 is 11.4 Å². The molecule has 17 heteroatoms. The molecule has 1 amide bonds. The van der Waals surface area contributed by atoms with Gasteiger partial charge in [-0.05, 0) is 117 Å². The number of fused-ring (bicyclic) bond motifs is 2. The van der Waals surface area contributed by atoms with Crippen LogP contribution in [0, 0.1) is 25.6 Å². The summed E-state index contributed by atoms with van der Waals surface area (Å²) >= 11 is 0. The minimum Gasteiger partial charge on any atom is -0.381 e. The number of ether oxygens (including phenoxy) is 1. The van der Waals surface area contributed by atoms with Crippen LogP contribution in [0.15, 0.2) is 87.2 Å². The third-order valence-electron chi connectivity index (χ3n) is 13.0. The number of nitrogens with one attached hydrogen (secondary N) is 1. The SMILES string of the molecule is Cc1cc(-n2nc3c(c2-n2ccn(-c4ccc(CS(C)(=O)=O)cc4)c2=O)C(C)N(C(=O)c2cc4cc(C5CCOCC5)ccc4n2C[C@H]2C[C@@H]2c2noc(=O)[nH]2)CC3)cc(C)c1F. The Kier molecular flexibility index (Phi) is 10.0. The highest BCUT2D eigenvalue weighted by molar-refractivity contribution is 7.89. The zero-order valence-corrected chi connectivity index (χ0v) is 36.2. The van der Waals surface area contributed by atoms with E-state index < -0.39 is 27.3 Å². The summed E-state index contributed by atoms with van der Waals surface area (Å²) in [5.74, 6) is 0.211. The van der Waals surface area contributed by atoms with Crippen molar-refractivity contribution in [2.75, 3.05) is 26.0 Å². The third-order valence-corrected chi connectivity index (χ3v) is 13.9. The van der Waals surface area contributed by atoms with Crippen molar-refractivity contribution in [2.45, 2.75) is 76.6 Å². The summed E-state index contributed by atoms with van der Waals surface area (Å²) in [5.41, 5.74) is 6.24. The molecule has 63 heavy (non-hydrogen) atoms. The third kappa shape index (κ3) is 7.45. The van der Waals surface area contributed by atoms with Crippen LogP contribution in [0.25, 0.3) is 28.1 Å². The van der Waals surface area contributed by atoms with Gasteiger partial charge in [-0.1, -0.05) is 23.4 Å². The normalized spacial score (nSPS) is 19.2. The van der Waals surface area contributed by atoms with Gasteiger partial charge in [-0.15, -0.1) is 0 Å². The highest BCUT2D eigenvalue weighted by Crippen LogP contribution is 2.48. The van der Waals surface area contributed by atoms with E-state index in [9.17, 15) is 18.0 Å². The van der Waals surface area contributed by atoms with Gasteiger partial charge in [0, 0.05) is 73.8 Å². The summed E-state index contributed by atoms with van der Waals surface area (Å²) in [7, 11) is -3.26. The molecule has 7 aromatic rings. The number of carbonyl (C=O) groups is 1. The number of amides is 1. The second kappa shape index (κ2) is 15.5. The lowest BCUT2D eigenvalue weighted by molar-refractivity contribution is 0.0666. The minimum absolute atomic E-state index is 0.00185. The number of aryl methyl sites for hydroxylation is 2. The minimum atomic E-state index is -3.26. The van der Waals surface area contributed by atoms with Crippen LogP contribution < -0.4 is 11.4 Å². The molecule has 1 unspecified atom stereocenters. The summed E-state index contributed by atoms with van der Waals surface area (Å²) in [4.78, 5) is 46.1. The van der Waals surface area contributed by atoms with Crippen molar-refractivity contribution in [1.29, 1.82) is 0 Å². The van der Waals surface area contributed by atoms with Gasteiger partial charge in [0.1, 0.15) is 17.3 Å². The Morgan fingerprint density at radius 1 is 0.952 bits per heavy atom. The molecule has 3 aliphatic rings. The van der Waals surface area contributed by atoms with Crippen LogP contribution in [-0.2, 0) is 33.3 Å². The molecule has 1 aliphatic carbocycles. The van der Waals surface area contributed by atoms with Crippen LogP contribution >= 0.6 is 0 Å². The number of carbonyl (C=O) groups excluding carboxylic acids is 1. The second-order valence-electron chi connectivity index (χ2n) is 17.4. The molecule has 10 rings (SSSR count). The molecule has 0 bridgehead atoms. The number of halogens is 1. The van der Waals surface area contributed by atoms with Crippen molar-refractivity contribution in [2.24, 2.45) is 5.92 Å². The molecule has 15 nitrogen and oxygen atoms in total. The Labute approximate surface area is 361 Å². The van der Waals surface area contributed by atoms with E-state index in [2.05, 4.69) is 32.9 Å². The fourth-order valence-corrected chi connectivity index (χ4v) is 10.5. The van der Waals surface area contributed by atoms with Crippen molar-refractivity contribution in [3.63, 3.8) is 0 Å². The lowest BCUT2D eigenvalue weighted by Crippen LogP contribution is -2.40. The van der Waals surface area contributed by atoms with Crippen molar-refractivity contribution >= 4 is 26.6 Å². The van der Waals surface area contributed by atoms with E-state index in [0.717, 1.165) is 35.9 Å².